The fourth-order valence-electron chi connectivity index (χ4n) is 2.77. The van der Waals surface area contributed by atoms with Crippen LogP contribution in [0.1, 0.15) is 25.0 Å². The van der Waals surface area contributed by atoms with Gasteiger partial charge in [0, 0.05) is 55.8 Å². The van der Waals surface area contributed by atoms with Gasteiger partial charge in [-0.25, -0.2) is 4.98 Å². The molecule has 2 aromatic heterocycles. The first-order valence-corrected chi connectivity index (χ1v) is 10.8. The van der Waals surface area contributed by atoms with Gasteiger partial charge in [-0.3, -0.25) is 9.67 Å². The Labute approximate surface area is 162 Å². The third-order valence-electron chi connectivity index (χ3n) is 4.00. The number of aryl methyl sites for hydroxylation is 1. The summed E-state index contributed by atoms with van der Waals surface area (Å²) in [6.07, 6.45) is 6.84. The van der Waals surface area contributed by atoms with Crippen molar-refractivity contribution >= 4 is 29.1 Å². The maximum atomic E-state index is 5.93. The third kappa shape index (κ3) is 5.46. The van der Waals surface area contributed by atoms with Gasteiger partial charge in [0.2, 0.25) is 0 Å². The number of aliphatic imine (C=N–C) groups is 1. The Kier molecular flexibility index (Phi) is 7.33. The molecule has 1 fully saturated rings. The van der Waals surface area contributed by atoms with Crippen molar-refractivity contribution in [2.75, 3.05) is 38.5 Å². The molecule has 0 saturated carbocycles. The number of thiazole rings is 1. The van der Waals surface area contributed by atoms with Crippen LogP contribution in [0, 0.1) is 0 Å². The van der Waals surface area contributed by atoms with Crippen LogP contribution in [-0.4, -0.2) is 64.2 Å². The van der Waals surface area contributed by atoms with E-state index in [2.05, 4.69) is 27.2 Å². The van der Waals surface area contributed by atoms with Crippen LogP contribution in [-0.2, 0) is 11.8 Å². The van der Waals surface area contributed by atoms with E-state index in [9.17, 15) is 0 Å². The highest BCUT2D eigenvalue weighted by molar-refractivity contribution is 8.00. The maximum Gasteiger partial charge on any atom is 0.194 e. The highest BCUT2D eigenvalue weighted by atomic mass is 32.2. The van der Waals surface area contributed by atoms with Gasteiger partial charge >= 0.3 is 0 Å². The predicted molar refractivity (Wildman–Crippen MR) is 107 cm³/mol. The molecule has 0 aliphatic carbocycles. The minimum absolute atomic E-state index is 0.0433. The first kappa shape index (κ1) is 19.2. The van der Waals surface area contributed by atoms with Crippen LogP contribution in [0.5, 0.6) is 0 Å². The number of nitrogens with zero attached hydrogens (tertiary/aromatic N) is 5. The molecule has 1 saturated heterocycles. The first-order valence-electron chi connectivity index (χ1n) is 8.92. The molecule has 9 heteroatoms. The predicted octanol–water partition coefficient (Wildman–Crippen LogP) is 2.40. The molecular formula is C17H26N6OS2. The van der Waals surface area contributed by atoms with Crippen molar-refractivity contribution in [2.24, 2.45) is 12.0 Å². The standard InChI is InChI=1S/C17H26N6OS2/c1-3-18-16(19-5-4-9-25-17-20-6-10-26-17)23-7-8-24-15(13-23)14-11-21-22(2)12-14/h6,10-12,15H,3-5,7-9,13H2,1-2H3,(H,18,19). The van der Waals surface area contributed by atoms with Gasteiger partial charge in [-0.2, -0.15) is 5.10 Å². The normalized spacial score (nSPS) is 18.3. The molecule has 2 aromatic rings. The fraction of sp³-hybridized carbons (Fsp3) is 0.588. The molecule has 26 heavy (non-hydrogen) atoms. The largest absolute Gasteiger partial charge is 0.370 e. The summed E-state index contributed by atoms with van der Waals surface area (Å²) >= 11 is 3.50. The average molecular weight is 395 g/mol. The van der Waals surface area contributed by atoms with Crippen molar-refractivity contribution in [2.45, 2.75) is 23.8 Å². The minimum atomic E-state index is 0.0433. The summed E-state index contributed by atoms with van der Waals surface area (Å²) in [5, 5.41) is 9.69. The second kappa shape index (κ2) is 9.94. The summed E-state index contributed by atoms with van der Waals surface area (Å²) in [7, 11) is 1.93. The summed E-state index contributed by atoms with van der Waals surface area (Å²) in [5.74, 6) is 2.02. The van der Waals surface area contributed by atoms with Gasteiger partial charge in [0.25, 0.3) is 0 Å². The summed E-state index contributed by atoms with van der Waals surface area (Å²) in [6, 6.07) is 0. The molecule has 142 valence electrons. The van der Waals surface area contributed by atoms with Crippen LogP contribution in [0.15, 0.2) is 33.3 Å². The van der Waals surface area contributed by atoms with E-state index in [-0.39, 0.29) is 6.10 Å². The number of morpholine rings is 1. The molecule has 0 aromatic carbocycles. The van der Waals surface area contributed by atoms with Crippen molar-refractivity contribution < 1.29 is 4.74 Å². The highest BCUT2D eigenvalue weighted by Crippen LogP contribution is 2.22. The quantitative estimate of drug-likeness (QED) is 0.337. The zero-order valence-corrected chi connectivity index (χ0v) is 16.9. The second-order valence-corrected chi connectivity index (χ2v) is 8.23. The third-order valence-corrected chi connectivity index (χ3v) is 6.05. The Morgan fingerprint density at radius 3 is 3.19 bits per heavy atom. The van der Waals surface area contributed by atoms with Gasteiger partial charge in [0.05, 0.1) is 19.3 Å². The summed E-state index contributed by atoms with van der Waals surface area (Å²) < 4.78 is 8.88. The maximum absolute atomic E-state index is 5.93. The van der Waals surface area contributed by atoms with Crippen LogP contribution in [0.25, 0.3) is 0 Å². The van der Waals surface area contributed by atoms with Crippen molar-refractivity contribution in [3.8, 4) is 0 Å². The van der Waals surface area contributed by atoms with Gasteiger partial charge in [-0.15, -0.1) is 11.3 Å². The first-order chi connectivity index (χ1) is 12.8. The van der Waals surface area contributed by atoms with Crippen LogP contribution in [0.4, 0.5) is 0 Å². The number of ether oxygens (including phenoxy) is 1. The molecule has 1 aliphatic rings. The van der Waals surface area contributed by atoms with Crippen molar-refractivity contribution in [3.63, 3.8) is 0 Å². The monoisotopic (exact) mass is 394 g/mol. The van der Waals surface area contributed by atoms with Gasteiger partial charge in [-0.1, -0.05) is 11.8 Å². The molecule has 0 amide bonds. The van der Waals surface area contributed by atoms with E-state index in [0.29, 0.717) is 6.61 Å². The number of hydrogen-bond acceptors (Lipinski definition) is 6. The van der Waals surface area contributed by atoms with Crippen molar-refractivity contribution in [3.05, 3.63) is 29.5 Å². The highest BCUT2D eigenvalue weighted by Gasteiger charge is 2.25. The molecule has 0 spiro atoms. The van der Waals surface area contributed by atoms with E-state index in [4.69, 9.17) is 9.73 Å². The van der Waals surface area contributed by atoms with Gasteiger partial charge in [0.15, 0.2) is 5.96 Å². The number of thioether (sulfide) groups is 1. The lowest BCUT2D eigenvalue weighted by Crippen LogP contribution is -2.48. The summed E-state index contributed by atoms with van der Waals surface area (Å²) in [5.41, 5.74) is 1.12. The van der Waals surface area contributed by atoms with Crippen LogP contribution >= 0.6 is 23.1 Å². The summed E-state index contributed by atoms with van der Waals surface area (Å²) in [6.45, 7) is 6.13. The van der Waals surface area contributed by atoms with E-state index in [1.807, 2.05) is 35.7 Å². The van der Waals surface area contributed by atoms with E-state index in [1.165, 1.54) is 0 Å². The average Bonchev–Trinajstić information content (AvgIpc) is 3.32. The molecule has 1 N–H and O–H groups in total. The smallest absolute Gasteiger partial charge is 0.194 e. The van der Waals surface area contributed by atoms with Gasteiger partial charge < -0.3 is 15.0 Å². The van der Waals surface area contributed by atoms with Gasteiger partial charge in [-0.05, 0) is 13.3 Å². The zero-order valence-electron chi connectivity index (χ0n) is 15.3. The fourth-order valence-corrected chi connectivity index (χ4v) is 4.40. The Hall–Kier alpha value is -1.58. The number of nitrogens with one attached hydrogen (secondary N) is 1. The number of hydrogen-bond donors (Lipinski definition) is 1. The van der Waals surface area contributed by atoms with E-state index >= 15 is 0 Å². The Morgan fingerprint density at radius 2 is 2.46 bits per heavy atom. The SMILES string of the molecule is CCNC(=NCCCSc1nccs1)N1CCOC(c2cnn(C)c2)C1. The molecule has 7 nitrogen and oxygen atoms in total. The minimum Gasteiger partial charge on any atom is -0.370 e. The lowest BCUT2D eigenvalue weighted by Gasteiger charge is -2.34. The Balaban J connectivity index is 1.52. The van der Waals surface area contributed by atoms with Crippen LogP contribution in [0.3, 0.4) is 0 Å². The molecule has 3 rings (SSSR count). The van der Waals surface area contributed by atoms with Crippen molar-refractivity contribution in [1.82, 2.24) is 25.0 Å². The van der Waals surface area contributed by atoms with Gasteiger partial charge in [0.1, 0.15) is 10.4 Å². The van der Waals surface area contributed by atoms with E-state index in [1.54, 1.807) is 23.1 Å². The number of guanidine groups is 1. The zero-order chi connectivity index (χ0) is 18.2. The number of rotatable bonds is 7. The van der Waals surface area contributed by atoms with E-state index < -0.39 is 0 Å². The topological polar surface area (TPSA) is 67.6 Å². The molecule has 1 atom stereocenters. The van der Waals surface area contributed by atoms with E-state index in [0.717, 1.165) is 54.2 Å². The second-order valence-electron chi connectivity index (χ2n) is 5.99. The Morgan fingerprint density at radius 1 is 1.54 bits per heavy atom. The molecule has 1 aliphatic heterocycles. The summed E-state index contributed by atoms with van der Waals surface area (Å²) in [4.78, 5) is 11.4. The lowest BCUT2D eigenvalue weighted by molar-refractivity contribution is -0.00803. The molecule has 0 radical (unpaired) electrons. The number of aromatic nitrogens is 3. The molecule has 3 heterocycles. The Bertz CT molecular complexity index is 687. The van der Waals surface area contributed by atoms with Crippen LogP contribution < -0.4 is 5.32 Å². The lowest BCUT2D eigenvalue weighted by atomic mass is 10.1. The molecule has 1 unspecified atom stereocenters. The van der Waals surface area contributed by atoms with Crippen LogP contribution in [0.2, 0.25) is 0 Å². The molecule has 0 bridgehead atoms. The molecular weight excluding hydrogens is 368 g/mol. The van der Waals surface area contributed by atoms with Crippen molar-refractivity contribution in [1.29, 1.82) is 0 Å².